The molecule has 1 amide bonds. The summed E-state index contributed by atoms with van der Waals surface area (Å²) in [6.07, 6.45) is 0.466. The van der Waals surface area contributed by atoms with Crippen molar-refractivity contribution in [1.29, 1.82) is 0 Å². The molecule has 174 valence electrons. The number of hydrogen-bond donors (Lipinski definition) is 0. The van der Waals surface area contributed by atoms with Gasteiger partial charge in [-0.25, -0.2) is 13.4 Å². The summed E-state index contributed by atoms with van der Waals surface area (Å²) in [7, 11) is -3.09. The first-order valence-electron chi connectivity index (χ1n) is 10.9. The van der Waals surface area contributed by atoms with Crippen LogP contribution in [0.5, 0.6) is 0 Å². The molecule has 0 saturated carbocycles. The smallest absolute Gasteiger partial charge is 0.266 e. The van der Waals surface area contributed by atoms with Crippen LogP contribution < -0.4 is 5.56 Å². The maximum atomic E-state index is 13.5. The van der Waals surface area contributed by atoms with Crippen LogP contribution in [-0.2, 0) is 14.6 Å². The molecule has 1 unspecified atom stereocenters. The van der Waals surface area contributed by atoms with E-state index in [1.807, 2.05) is 51.1 Å². The molecule has 1 aliphatic rings. The van der Waals surface area contributed by atoms with Crippen molar-refractivity contribution < 1.29 is 13.2 Å². The minimum absolute atomic E-state index is 0.0126. The predicted octanol–water partition coefficient (Wildman–Crippen LogP) is 3.13. The quantitative estimate of drug-likeness (QED) is 0.394. The van der Waals surface area contributed by atoms with E-state index in [0.717, 1.165) is 16.8 Å². The number of thioether (sulfide) groups is 1. The molecule has 1 saturated heterocycles. The van der Waals surface area contributed by atoms with Crippen LogP contribution in [0.2, 0.25) is 0 Å². The van der Waals surface area contributed by atoms with Crippen LogP contribution in [0.15, 0.2) is 52.4 Å². The number of sulfone groups is 1. The Bertz CT molecular complexity index is 1380. The van der Waals surface area contributed by atoms with Gasteiger partial charge in [0.1, 0.15) is 0 Å². The number of hydrogen-bond acceptors (Lipinski definition) is 6. The fraction of sp³-hybridized carbons (Fsp3) is 0.375. The Kier molecular flexibility index (Phi) is 6.63. The molecule has 3 aromatic rings. The van der Waals surface area contributed by atoms with Gasteiger partial charge in [-0.2, -0.15) is 0 Å². The van der Waals surface area contributed by atoms with Gasteiger partial charge in [0.15, 0.2) is 15.0 Å². The lowest BCUT2D eigenvalue weighted by molar-refractivity contribution is -0.129. The number of benzene rings is 2. The van der Waals surface area contributed by atoms with Gasteiger partial charge in [0, 0.05) is 12.6 Å². The number of fused-ring (bicyclic) bond motifs is 1. The van der Waals surface area contributed by atoms with Crippen molar-refractivity contribution in [2.45, 2.75) is 38.4 Å². The molecule has 0 N–H and O–H groups in total. The highest BCUT2D eigenvalue weighted by atomic mass is 32.2. The lowest BCUT2D eigenvalue weighted by Crippen LogP contribution is -2.42. The Balaban J connectivity index is 1.70. The molecule has 1 atom stereocenters. The highest BCUT2D eigenvalue weighted by Gasteiger charge is 2.34. The Morgan fingerprint density at radius 2 is 1.97 bits per heavy atom. The van der Waals surface area contributed by atoms with Crippen LogP contribution in [0.25, 0.3) is 16.6 Å². The summed E-state index contributed by atoms with van der Waals surface area (Å²) >= 11 is 1.21. The van der Waals surface area contributed by atoms with E-state index in [1.54, 1.807) is 21.6 Å². The number of carbonyl (C=O) groups excluding carboxylic acids is 1. The van der Waals surface area contributed by atoms with Crippen LogP contribution in [0.3, 0.4) is 0 Å². The van der Waals surface area contributed by atoms with Crippen LogP contribution in [-0.4, -0.2) is 58.6 Å². The fourth-order valence-electron chi connectivity index (χ4n) is 4.25. The zero-order valence-corrected chi connectivity index (χ0v) is 20.6. The molecule has 0 aliphatic carbocycles. The van der Waals surface area contributed by atoms with Crippen molar-refractivity contribution in [3.05, 3.63) is 63.9 Å². The molecule has 9 heteroatoms. The van der Waals surface area contributed by atoms with Gasteiger partial charge >= 0.3 is 0 Å². The summed E-state index contributed by atoms with van der Waals surface area (Å²) in [6, 6.07) is 12.8. The second-order valence-electron chi connectivity index (χ2n) is 8.37. The molecule has 2 aromatic carbocycles. The zero-order chi connectivity index (χ0) is 23.8. The molecular formula is C24H27N3O4S2. The number of nitrogens with zero attached hydrogens (tertiary/aromatic N) is 3. The summed E-state index contributed by atoms with van der Waals surface area (Å²) in [4.78, 5) is 32.9. The first-order chi connectivity index (χ1) is 15.7. The Morgan fingerprint density at radius 3 is 2.67 bits per heavy atom. The number of amides is 1. The maximum absolute atomic E-state index is 13.5. The van der Waals surface area contributed by atoms with Crippen LogP contribution in [0.1, 0.15) is 24.5 Å². The van der Waals surface area contributed by atoms with E-state index in [2.05, 4.69) is 0 Å². The zero-order valence-electron chi connectivity index (χ0n) is 18.9. The summed E-state index contributed by atoms with van der Waals surface area (Å²) in [5.74, 6) is 0.0469. The number of aryl methyl sites for hydroxylation is 2. The topological polar surface area (TPSA) is 89.3 Å². The van der Waals surface area contributed by atoms with Gasteiger partial charge < -0.3 is 4.90 Å². The molecule has 2 heterocycles. The SMILES string of the molecule is CCN(C(=O)CSc1nc2ccccc2c(=O)n1-c1cc(C)ccc1C)C1CCS(=O)(=O)C1. The monoisotopic (exact) mass is 485 g/mol. The first-order valence-corrected chi connectivity index (χ1v) is 13.7. The average molecular weight is 486 g/mol. The summed E-state index contributed by atoms with van der Waals surface area (Å²) in [5.41, 5.74) is 3.08. The molecule has 0 bridgehead atoms. The maximum Gasteiger partial charge on any atom is 0.266 e. The second kappa shape index (κ2) is 9.30. The number of rotatable bonds is 6. The van der Waals surface area contributed by atoms with Crippen LogP contribution in [0.4, 0.5) is 0 Å². The van der Waals surface area contributed by atoms with Crippen molar-refractivity contribution in [3.63, 3.8) is 0 Å². The molecular weight excluding hydrogens is 458 g/mol. The Hall–Kier alpha value is -2.65. The van der Waals surface area contributed by atoms with Gasteiger partial charge in [-0.1, -0.05) is 36.0 Å². The highest BCUT2D eigenvalue weighted by Crippen LogP contribution is 2.25. The third-order valence-electron chi connectivity index (χ3n) is 5.99. The molecule has 0 spiro atoms. The highest BCUT2D eigenvalue weighted by molar-refractivity contribution is 7.99. The molecule has 1 fully saturated rings. The van der Waals surface area contributed by atoms with E-state index in [4.69, 9.17) is 4.98 Å². The van der Waals surface area contributed by atoms with Gasteiger partial charge in [-0.3, -0.25) is 14.2 Å². The fourth-order valence-corrected chi connectivity index (χ4v) is 6.87. The molecule has 0 radical (unpaired) electrons. The van der Waals surface area contributed by atoms with Gasteiger partial charge in [0.25, 0.3) is 5.56 Å². The van der Waals surface area contributed by atoms with E-state index < -0.39 is 9.84 Å². The predicted molar refractivity (Wildman–Crippen MR) is 132 cm³/mol. The first kappa shape index (κ1) is 23.5. The number of aromatic nitrogens is 2. The normalized spacial score (nSPS) is 17.4. The van der Waals surface area contributed by atoms with E-state index in [-0.39, 0.29) is 34.8 Å². The minimum Gasteiger partial charge on any atom is -0.338 e. The Morgan fingerprint density at radius 1 is 1.21 bits per heavy atom. The molecule has 1 aromatic heterocycles. The van der Waals surface area contributed by atoms with Crippen molar-refractivity contribution in [2.24, 2.45) is 0 Å². The van der Waals surface area contributed by atoms with E-state index in [1.165, 1.54) is 11.8 Å². The van der Waals surface area contributed by atoms with Crippen LogP contribution >= 0.6 is 11.8 Å². The van der Waals surface area contributed by atoms with Gasteiger partial charge in [0.2, 0.25) is 5.91 Å². The third kappa shape index (κ3) is 4.84. The van der Waals surface area contributed by atoms with Gasteiger partial charge in [-0.05, 0) is 56.5 Å². The van der Waals surface area contributed by atoms with Crippen molar-refractivity contribution in [1.82, 2.24) is 14.5 Å². The van der Waals surface area contributed by atoms with Crippen molar-refractivity contribution in [3.8, 4) is 5.69 Å². The van der Waals surface area contributed by atoms with Crippen molar-refractivity contribution >= 4 is 38.4 Å². The molecule has 4 rings (SSSR count). The molecule has 1 aliphatic heterocycles. The minimum atomic E-state index is -3.09. The second-order valence-corrected chi connectivity index (χ2v) is 11.5. The van der Waals surface area contributed by atoms with Gasteiger partial charge in [0.05, 0.1) is 33.8 Å². The lowest BCUT2D eigenvalue weighted by atomic mass is 10.1. The largest absolute Gasteiger partial charge is 0.338 e. The van der Waals surface area contributed by atoms with Gasteiger partial charge in [-0.15, -0.1) is 0 Å². The molecule has 33 heavy (non-hydrogen) atoms. The third-order valence-corrected chi connectivity index (χ3v) is 8.66. The summed E-state index contributed by atoms with van der Waals surface area (Å²) < 4.78 is 25.4. The summed E-state index contributed by atoms with van der Waals surface area (Å²) in [6.45, 7) is 6.20. The number of para-hydroxylation sites is 1. The van der Waals surface area contributed by atoms with Crippen LogP contribution in [0, 0.1) is 13.8 Å². The Labute approximate surface area is 197 Å². The van der Waals surface area contributed by atoms with E-state index in [0.29, 0.717) is 29.0 Å². The summed E-state index contributed by atoms with van der Waals surface area (Å²) in [5, 5.41) is 0.955. The van der Waals surface area contributed by atoms with E-state index in [9.17, 15) is 18.0 Å². The number of carbonyl (C=O) groups is 1. The average Bonchev–Trinajstić information content (AvgIpc) is 3.14. The molecule has 7 nitrogen and oxygen atoms in total. The van der Waals surface area contributed by atoms with E-state index >= 15 is 0 Å². The van der Waals surface area contributed by atoms with Crippen molar-refractivity contribution in [2.75, 3.05) is 23.8 Å². The lowest BCUT2D eigenvalue weighted by Gasteiger charge is -2.26. The standard InChI is InChI=1S/C24H27N3O4S2/c1-4-26(18-11-12-33(30,31)15-18)22(28)14-32-24-25-20-8-6-5-7-19(20)23(29)27(24)21-13-16(2)9-10-17(21)3/h5-10,13,18H,4,11-12,14-15H2,1-3H3.